The maximum atomic E-state index is 14.0. The first-order chi connectivity index (χ1) is 24.5. The van der Waals surface area contributed by atoms with Crippen molar-refractivity contribution in [2.24, 2.45) is 0 Å². The molecule has 1 saturated heterocycles. The van der Waals surface area contributed by atoms with Gasteiger partial charge in [0.1, 0.15) is 23.8 Å². The van der Waals surface area contributed by atoms with E-state index in [1.165, 1.54) is 42.5 Å². The molecule has 210 valence electrons. The second kappa shape index (κ2) is 12.5. The predicted octanol–water partition coefficient (Wildman–Crippen LogP) is 5.82. The molecule has 11 heteroatoms. The number of hydrogen-bond donors (Lipinski definition) is 3. The van der Waals surface area contributed by atoms with Crippen LogP contribution >= 0.6 is 19.2 Å². The fourth-order valence-corrected chi connectivity index (χ4v) is 5.04. The third-order valence-electron chi connectivity index (χ3n) is 5.37. The fraction of sp³-hybridized carbons (Fsp3) is 0.276. The van der Waals surface area contributed by atoms with Gasteiger partial charge < -0.3 is 24.4 Å². The van der Waals surface area contributed by atoms with E-state index in [0.29, 0.717) is 20.5 Å². The van der Waals surface area contributed by atoms with Gasteiger partial charge in [0.25, 0.3) is 0 Å². The van der Waals surface area contributed by atoms with Crippen LogP contribution in [-0.4, -0.2) is 58.4 Å². The molecule has 0 radical (unpaired) electrons. The van der Waals surface area contributed by atoms with Crippen LogP contribution in [0.25, 0.3) is 20.5 Å². The van der Waals surface area contributed by atoms with Crippen molar-refractivity contribution in [2.45, 2.75) is 19.1 Å². The molecule has 40 heavy (non-hydrogen) atoms. The molecule has 0 saturated carbocycles. The number of phenols is 1. The molecule has 3 N–H and O–H groups in total. The van der Waals surface area contributed by atoms with E-state index in [0.717, 1.165) is 23.5 Å². The molecule has 5 rings (SSSR count). The summed E-state index contributed by atoms with van der Waals surface area (Å²) in [4.78, 5) is 31.5. The number of piperidine rings is 1. The second-order valence-electron chi connectivity index (χ2n) is 8.00. The molecule has 0 unspecified atom stereocenters. The summed E-state index contributed by atoms with van der Waals surface area (Å²) >= 11 is 1.16. The number of phosphoric ester groups is 1. The number of thiophene rings is 1. The van der Waals surface area contributed by atoms with Crippen LogP contribution in [0.3, 0.4) is 0 Å². The van der Waals surface area contributed by atoms with Crippen LogP contribution in [0.4, 0.5) is 0 Å². The highest BCUT2D eigenvalue weighted by Gasteiger charge is 2.22. The molecule has 2 heterocycles. The zero-order valence-corrected chi connectivity index (χ0v) is 22.0. The largest absolute Gasteiger partial charge is 0.508 e. The molecule has 1 fully saturated rings. The standard InChI is InChI=1S/C29H30NO8PS/c31-22-8-13-25-26(18-22)40-29(21-6-11-24(12-7-21)37-19-38-39(33,34)35)27(25)28(32)20-4-9-23(10-5-20)36-17-16-30-14-2-1-3-15-30/h4-13,18,31H,1-3,14-17,19H2,(H2,33,34,35)/i1D2,2D2,3D2,14D2,15D2,16D2,17D2. The number of carbonyl (C=O) groups is 1. The summed E-state index contributed by atoms with van der Waals surface area (Å²) in [5, 5.41) is 10.5. The summed E-state index contributed by atoms with van der Waals surface area (Å²) in [6.07, 6.45) is -11.7. The van der Waals surface area contributed by atoms with E-state index in [1.807, 2.05) is 0 Å². The van der Waals surface area contributed by atoms with E-state index in [4.69, 9.17) is 38.5 Å². The average Bonchev–Trinajstić information content (AvgIpc) is 3.41. The smallest absolute Gasteiger partial charge is 0.472 e. The number of carbonyl (C=O) groups excluding carboxylic acids is 1. The first-order valence-corrected chi connectivity index (χ1v) is 13.7. The van der Waals surface area contributed by atoms with Crippen molar-refractivity contribution >= 4 is 35.0 Å². The number of ether oxygens (including phenoxy) is 2. The van der Waals surface area contributed by atoms with E-state index >= 15 is 0 Å². The molecule has 1 aliphatic heterocycles. The molecule has 1 aliphatic rings. The van der Waals surface area contributed by atoms with Crippen LogP contribution in [0.5, 0.6) is 17.2 Å². The predicted molar refractivity (Wildman–Crippen MR) is 153 cm³/mol. The normalized spacial score (nSPS) is 26.6. The van der Waals surface area contributed by atoms with Gasteiger partial charge in [-0.2, -0.15) is 0 Å². The first kappa shape index (κ1) is 15.7. The minimum absolute atomic E-state index is 0.0156. The van der Waals surface area contributed by atoms with Crippen molar-refractivity contribution in [2.75, 3.05) is 32.8 Å². The van der Waals surface area contributed by atoms with Gasteiger partial charge >= 0.3 is 7.82 Å². The number of aromatic hydroxyl groups is 1. The Bertz CT molecular complexity index is 2090. The monoisotopic (exact) mass is 597 g/mol. The van der Waals surface area contributed by atoms with Crippen molar-refractivity contribution in [1.82, 2.24) is 4.90 Å². The Morgan fingerprint density at radius 2 is 1.65 bits per heavy atom. The Balaban J connectivity index is 1.45. The molecular weight excluding hydrogens is 553 g/mol. The van der Waals surface area contributed by atoms with Crippen LogP contribution in [0.1, 0.15) is 54.2 Å². The van der Waals surface area contributed by atoms with Gasteiger partial charge in [-0.1, -0.05) is 6.37 Å². The van der Waals surface area contributed by atoms with Gasteiger partial charge in [-0.25, -0.2) is 9.09 Å². The lowest BCUT2D eigenvalue weighted by Gasteiger charge is -2.26. The minimum Gasteiger partial charge on any atom is -0.508 e. The van der Waals surface area contributed by atoms with Crippen LogP contribution in [0.2, 0.25) is 0 Å². The van der Waals surface area contributed by atoms with Gasteiger partial charge in [0.15, 0.2) is 12.6 Å². The van der Waals surface area contributed by atoms with Crippen molar-refractivity contribution in [3.63, 3.8) is 0 Å². The Labute approximate surface area is 255 Å². The van der Waals surface area contributed by atoms with Crippen LogP contribution in [-0.2, 0) is 9.09 Å². The number of likely N-dealkylation sites (tertiary alicyclic amines) is 1. The van der Waals surface area contributed by atoms with Crippen molar-refractivity contribution in [3.8, 4) is 27.7 Å². The molecule has 9 nitrogen and oxygen atoms in total. The molecule has 0 amide bonds. The lowest BCUT2D eigenvalue weighted by Crippen LogP contribution is -2.33. The average molecular weight is 598 g/mol. The first-order valence-electron chi connectivity index (χ1n) is 18.3. The zero-order valence-electron chi connectivity index (χ0n) is 34.2. The van der Waals surface area contributed by atoms with Gasteiger partial charge in [0.2, 0.25) is 0 Å². The van der Waals surface area contributed by atoms with Gasteiger partial charge in [0, 0.05) is 49.0 Å². The summed E-state index contributed by atoms with van der Waals surface area (Å²) in [5.74, 6) is -0.908. The van der Waals surface area contributed by atoms with E-state index < -0.39 is 76.2 Å². The van der Waals surface area contributed by atoms with Crippen molar-refractivity contribution in [3.05, 3.63) is 77.9 Å². The maximum Gasteiger partial charge on any atom is 0.472 e. The van der Waals surface area contributed by atoms with Crippen LogP contribution < -0.4 is 9.47 Å². The van der Waals surface area contributed by atoms with E-state index in [9.17, 15) is 14.5 Å². The number of ketones is 1. The lowest BCUT2D eigenvalue weighted by molar-refractivity contribution is 0.0829. The highest BCUT2D eigenvalue weighted by molar-refractivity contribution is 7.46. The highest BCUT2D eigenvalue weighted by Crippen LogP contribution is 2.42. The zero-order chi connectivity index (χ0) is 40.7. The Morgan fingerprint density at radius 1 is 0.975 bits per heavy atom. The Hall–Kier alpha value is -3.24. The topological polar surface area (TPSA) is 126 Å². The van der Waals surface area contributed by atoms with E-state index in [-0.39, 0.29) is 22.6 Å². The summed E-state index contributed by atoms with van der Waals surface area (Å²) in [6.45, 7) is -16.5. The molecule has 3 aromatic carbocycles. The van der Waals surface area contributed by atoms with Gasteiger partial charge in [-0.05, 0) is 98.0 Å². The summed E-state index contributed by atoms with van der Waals surface area (Å²) < 4.78 is 141. The SMILES string of the molecule is [2H]C([2H])(Oc1ccc(C(=O)c2c(-c3ccc(OCOP(=O)(O)O)cc3)sc3cc(O)ccc23)cc1)C([2H])([2H])N1C([2H])([2H])C([2H])([2H])C([2H])([2H])C([2H])([2H])C1([2H])[2H]. The second-order valence-corrected chi connectivity index (χ2v) is 10.3. The van der Waals surface area contributed by atoms with E-state index in [2.05, 4.69) is 4.52 Å². The minimum atomic E-state index is -4.77. The van der Waals surface area contributed by atoms with Gasteiger partial charge in [-0.15, -0.1) is 11.3 Å². The van der Waals surface area contributed by atoms with Crippen molar-refractivity contribution < 1.29 is 57.4 Å². The quantitative estimate of drug-likeness (QED) is 0.111. The molecule has 0 atom stereocenters. The number of benzene rings is 3. The lowest BCUT2D eigenvalue weighted by atomic mass is 9.97. The Morgan fingerprint density at radius 3 is 2.35 bits per heavy atom. The van der Waals surface area contributed by atoms with Gasteiger partial charge in [0.05, 0.1) is 2.74 Å². The summed E-state index contributed by atoms with van der Waals surface area (Å²) in [5.41, 5.74) is 0.713. The molecule has 0 bridgehead atoms. The number of nitrogens with zero attached hydrogens (tertiary/aromatic N) is 1. The van der Waals surface area contributed by atoms with Crippen molar-refractivity contribution in [1.29, 1.82) is 0 Å². The van der Waals surface area contributed by atoms with Crippen LogP contribution in [0.15, 0.2) is 66.7 Å². The number of fused-ring (bicyclic) bond motifs is 1. The molecule has 0 spiro atoms. The highest BCUT2D eigenvalue weighted by atomic mass is 32.1. The molecule has 4 aromatic rings. The number of rotatable bonds is 11. The third kappa shape index (κ3) is 7.09. The molecule has 0 aliphatic carbocycles. The number of phenolic OH excluding ortho intramolecular Hbond substituents is 1. The maximum absolute atomic E-state index is 14.0. The number of hydrogen-bond acceptors (Lipinski definition) is 8. The Kier molecular flexibility index (Phi) is 4.90. The molecular formula is C29H30NO8PS. The molecule has 1 aromatic heterocycles. The third-order valence-corrected chi connectivity index (χ3v) is 7.01. The van der Waals surface area contributed by atoms with Gasteiger partial charge in [-0.3, -0.25) is 9.69 Å². The number of phosphoric acid groups is 1. The van der Waals surface area contributed by atoms with E-state index in [1.54, 1.807) is 12.1 Å². The summed E-state index contributed by atoms with van der Waals surface area (Å²) in [7, 11) is -4.77. The fourth-order valence-electron chi connectivity index (χ4n) is 3.61. The summed E-state index contributed by atoms with van der Waals surface area (Å²) in [6, 6.07) is 14.9. The van der Waals surface area contributed by atoms with Crippen LogP contribution in [0, 0.1) is 0 Å².